The van der Waals surface area contributed by atoms with Crippen molar-refractivity contribution >= 4 is 21.6 Å². The first-order valence-corrected chi connectivity index (χ1v) is 10.2. The van der Waals surface area contributed by atoms with Gasteiger partial charge in [-0.05, 0) is 38.1 Å². The van der Waals surface area contributed by atoms with Crippen molar-refractivity contribution in [2.24, 2.45) is 0 Å². The van der Waals surface area contributed by atoms with E-state index in [2.05, 4.69) is 4.98 Å². The SMILES string of the molecule is CCOc1cc(-c2nccn2S(=O)(=O)c2ccccc2)cc(Cl)c1OCC. The van der Waals surface area contributed by atoms with Crippen molar-refractivity contribution in [1.29, 1.82) is 0 Å². The smallest absolute Gasteiger partial charge is 0.269 e. The summed E-state index contributed by atoms with van der Waals surface area (Å²) in [4.78, 5) is 4.40. The Kier molecular flexibility index (Phi) is 5.72. The molecule has 2 aromatic carbocycles. The molecule has 0 aliphatic rings. The molecule has 0 atom stereocenters. The van der Waals surface area contributed by atoms with Gasteiger partial charge in [-0.2, -0.15) is 0 Å². The van der Waals surface area contributed by atoms with E-state index in [9.17, 15) is 8.42 Å². The van der Waals surface area contributed by atoms with Crippen molar-refractivity contribution in [3.05, 3.63) is 59.9 Å². The van der Waals surface area contributed by atoms with E-state index in [1.165, 1.54) is 24.5 Å². The lowest BCUT2D eigenvalue weighted by atomic mass is 10.2. The van der Waals surface area contributed by atoms with Gasteiger partial charge in [0.2, 0.25) is 0 Å². The van der Waals surface area contributed by atoms with Crippen LogP contribution in [0, 0.1) is 0 Å². The minimum absolute atomic E-state index is 0.173. The van der Waals surface area contributed by atoms with Gasteiger partial charge in [-0.25, -0.2) is 17.4 Å². The van der Waals surface area contributed by atoms with Crippen molar-refractivity contribution in [3.8, 4) is 22.9 Å². The maximum Gasteiger partial charge on any atom is 0.269 e. The van der Waals surface area contributed by atoms with Crippen molar-refractivity contribution in [1.82, 2.24) is 8.96 Å². The van der Waals surface area contributed by atoms with E-state index in [1.807, 2.05) is 13.8 Å². The molecular formula is C19H19ClN2O4S. The normalized spacial score (nSPS) is 11.4. The molecule has 6 nitrogen and oxygen atoms in total. The highest BCUT2D eigenvalue weighted by Gasteiger charge is 2.22. The van der Waals surface area contributed by atoms with Gasteiger partial charge in [0.15, 0.2) is 17.3 Å². The third-order valence-corrected chi connectivity index (χ3v) is 5.73. The van der Waals surface area contributed by atoms with Gasteiger partial charge in [-0.3, -0.25) is 0 Å². The molecule has 142 valence electrons. The van der Waals surface area contributed by atoms with E-state index in [4.69, 9.17) is 21.1 Å². The van der Waals surface area contributed by atoms with Crippen molar-refractivity contribution < 1.29 is 17.9 Å². The molecule has 3 rings (SSSR count). The van der Waals surface area contributed by atoms with Gasteiger partial charge >= 0.3 is 0 Å². The van der Waals surface area contributed by atoms with Crippen LogP contribution in [0.25, 0.3) is 11.4 Å². The van der Waals surface area contributed by atoms with Gasteiger partial charge in [0, 0.05) is 18.0 Å². The van der Waals surface area contributed by atoms with Crippen LogP contribution >= 0.6 is 11.6 Å². The minimum Gasteiger partial charge on any atom is -0.490 e. The minimum atomic E-state index is -3.79. The molecule has 0 radical (unpaired) electrons. The first-order valence-electron chi connectivity index (χ1n) is 8.42. The number of hydrogen-bond donors (Lipinski definition) is 0. The van der Waals surface area contributed by atoms with Gasteiger partial charge in [0.1, 0.15) is 0 Å². The van der Waals surface area contributed by atoms with E-state index in [-0.39, 0.29) is 10.7 Å². The Morgan fingerprint density at radius 2 is 1.78 bits per heavy atom. The van der Waals surface area contributed by atoms with E-state index in [1.54, 1.807) is 30.3 Å². The number of rotatable bonds is 7. The van der Waals surface area contributed by atoms with Gasteiger partial charge in [-0.1, -0.05) is 29.8 Å². The number of imidazole rings is 1. The summed E-state index contributed by atoms with van der Waals surface area (Å²) < 4.78 is 38.3. The van der Waals surface area contributed by atoms with Crippen molar-refractivity contribution in [3.63, 3.8) is 0 Å². The summed E-state index contributed by atoms with van der Waals surface area (Å²) >= 11 is 6.36. The molecule has 0 fully saturated rings. The fourth-order valence-electron chi connectivity index (χ4n) is 2.64. The van der Waals surface area contributed by atoms with Gasteiger partial charge in [0.25, 0.3) is 10.0 Å². The van der Waals surface area contributed by atoms with Crippen LogP contribution in [0.2, 0.25) is 5.02 Å². The first kappa shape index (κ1) is 19.3. The number of hydrogen-bond acceptors (Lipinski definition) is 5. The second kappa shape index (κ2) is 8.02. The van der Waals surface area contributed by atoms with Gasteiger partial charge in [-0.15, -0.1) is 0 Å². The maximum absolute atomic E-state index is 13.0. The highest BCUT2D eigenvalue weighted by molar-refractivity contribution is 7.90. The van der Waals surface area contributed by atoms with Crippen LogP contribution in [0.4, 0.5) is 0 Å². The van der Waals surface area contributed by atoms with E-state index >= 15 is 0 Å². The van der Waals surface area contributed by atoms with Crippen LogP contribution < -0.4 is 9.47 Å². The quantitative estimate of drug-likeness (QED) is 0.587. The molecule has 0 bridgehead atoms. The standard InChI is InChI=1S/C19H19ClN2O4S/c1-3-25-17-13-14(12-16(20)18(17)26-4-2)19-21-10-11-22(19)27(23,24)15-8-6-5-7-9-15/h5-13H,3-4H2,1-2H3. The Balaban J connectivity index is 2.13. The lowest BCUT2D eigenvalue weighted by Gasteiger charge is -2.15. The number of aromatic nitrogens is 2. The Bertz CT molecular complexity index is 1030. The number of halogens is 1. The summed E-state index contributed by atoms with van der Waals surface area (Å²) in [6.07, 6.45) is 2.84. The lowest BCUT2D eigenvalue weighted by molar-refractivity contribution is 0.288. The fraction of sp³-hybridized carbons (Fsp3) is 0.211. The molecular weight excluding hydrogens is 388 g/mol. The molecule has 0 unspecified atom stereocenters. The van der Waals surface area contributed by atoms with E-state index < -0.39 is 10.0 Å². The molecule has 1 aromatic heterocycles. The molecule has 0 spiro atoms. The van der Waals surface area contributed by atoms with E-state index in [0.29, 0.717) is 35.3 Å². The van der Waals surface area contributed by atoms with Crippen LogP contribution in [-0.2, 0) is 10.0 Å². The van der Waals surface area contributed by atoms with Gasteiger partial charge < -0.3 is 9.47 Å². The van der Waals surface area contributed by atoms with Crippen LogP contribution in [0.5, 0.6) is 11.5 Å². The topological polar surface area (TPSA) is 70.4 Å². The van der Waals surface area contributed by atoms with Crippen molar-refractivity contribution in [2.45, 2.75) is 18.7 Å². The molecule has 0 saturated carbocycles. The van der Waals surface area contributed by atoms with Gasteiger partial charge in [0.05, 0.1) is 23.1 Å². The summed E-state index contributed by atoms with van der Waals surface area (Å²) in [5.74, 6) is 1.10. The second-order valence-corrected chi connectivity index (χ2v) is 7.74. The summed E-state index contributed by atoms with van der Waals surface area (Å²) in [5, 5.41) is 0.324. The monoisotopic (exact) mass is 406 g/mol. The molecule has 0 aliphatic carbocycles. The molecule has 0 saturated heterocycles. The average molecular weight is 407 g/mol. The molecule has 0 N–H and O–H groups in total. The molecule has 8 heteroatoms. The maximum atomic E-state index is 13.0. The largest absolute Gasteiger partial charge is 0.490 e. The van der Waals surface area contributed by atoms with E-state index in [0.717, 1.165) is 3.97 Å². The Hall–Kier alpha value is -2.51. The number of ether oxygens (including phenoxy) is 2. The average Bonchev–Trinajstić information content (AvgIpc) is 3.16. The third-order valence-electron chi connectivity index (χ3n) is 3.76. The first-order chi connectivity index (χ1) is 13.0. The Morgan fingerprint density at radius 3 is 2.44 bits per heavy atom. The van der Waals surface area contributed by atoms with Crippen molar-refractivity contribution in [2.75, 3.05) is 13.2 Å². The van der Waals surface area contributed by atoms with Crippen LogP contribution in [-0.4, -0.2) is 30.6 Å². The zero-order valence-electron chi connectivity index (χ0n) is 14.9. The fourth-order valence-corrected chi connectivity index (χ4v) is 4.23. The molecule has 0 amide bonds. The van der Waals surface area contributed by atoms with Crippen LogP contribution in [0.3, 0.4) is 0 Å². The molecule has 1 heterocycles. The Labute approximate surface area is 163 Å². The Morgan fingerprint density at radius 1 is 1.07 bits per heavy atom. The molecule has 3 aromatic rings. The number of nitrogens with zero attached hydrogens (tertiary/aromatic N) is 2. The predicted octanol–water partition coefficient (Wildman–Crippen LogP) is 4.24. The number of benzene rings is 2. The zero-order chi connectivity index (χ0) is 19.4. The highest BCUT2D eigenvalue weighted by Crippen LogP contribution is 2.39. The van der Waals surface area contributed by atoms with Crippen LogP contribution in [0.1, 0.15) is 13.8 Å². The van der Waals surface area contributed by atoms with Crippen LogP contribution in [0.15, 0.2) is 59.8 Å². The lowest BCUT2D eigenvalue weighted by Crippen LogP contribution is -2.13. The second-order valence-electron chi connectivity index (χ2n) is 5.52. The third kappa shape index (κ3) is 3.79. The molecule has 0 aliphatic heterocycles. The zero-order valence-corrected chi connectivity index (χ0v) is 16.5. The molecule has 27 heavy (non-hydrogen) atoms. The predicted molar refractivity (Wildman–Crippen MR) is 104 cm³/mol. The highest BCUT2D eigenvalue weighted by atomic mass is 35.5. The summed E-state index contributed by atoms with van der Waals surface area (Å²) in [7, 11) is -3.79. The summed E-state index contributed by atoms with van der Waals surface area (Å²) in [5.41, 5.74) is 0.511. The summed E-state index contributed by atoms with van der Waals surface area (Å²) in [6.45, 7) is 4.53. The summed E-state index contributed by atoms with van der Waals surface area (Å²) in [6, 6.07) is 11.5.